The summed E-state index contributed by atoms with van der Waals surface area (Å²) in [5.41, 5.74) is 1.25. The molecule has 0 spiro atoms. The molecule has 2 aromatic rings. The summed E-state index contributed by atoms with van der Waals surface area (Å²) in [5.74, 6) is 2.19. The molecule has 22 heavy (non-hydrogen) atoms. The fraction of sp³-hybridized carbons (Fsp3) is 0.294. The standard InChI is InChI=1S/C17H18N2O2S/c20-17(13-22-12-14-6-2-1-3-7-14)19-10-15(11-19)21-16-8-4-5-9-18-16/h1-9,15H,10-13H2. The minimum Gasteiger partial charge on any atom is -0.471 e. The van der Waals surface area contributed by atoms with Gasteiger partial charge < -0.3 is 9.64 Å². The lowest BCUT2D eigenvalue weighted by Crippen LogP contribution is -2.56. The minimum absolute atomic E-state index is 0.0676. The molecule has 1 aliphatic heterocycles. The third kappa shape index (κ3) is 4.01. The Kier molecular flexibility index (Phi) is 4.96. The van der Waals surface area contributed by atoms with Gasteiger partial charge in [-0.1, -0.05) is 36.4 Å². The van der Waals surface area contributed by atoms with Crippen LogP contribution in [-0.2, 0) is 10.5 Å². The van der Waals surface area contributed by atoms with E-state index in [1.165, 1.54) is 5.56 Å². The second-order valence-corrected chi connectivity index (χ2v) is 6.17. The van der Waals surface area contributed by atoms with Crippen LogP contribution in [0.4, 0.5) is 0 Å². The van der Waals surface area contributed by atoms with Crippen molar-refractivity contribution in [2.24, 2.45) is 0 Å². The first kappa shape index (κ1) is 14.9. The van der Waals surface area contributed by atoms with Gasteiger partial charge in [-0.3, -0.25) is 4.79 Å². The molecule has 2 heterocycles. The highest BCUT2D eigenvalue weighted by molar-refractivity contribution is 7.99. The van der Waals surface area contributed by atoms with Crippen LogP contribution in [0.15, 0.2) is 54.7 Å². The Balaban J connectivity index is 1.35. The Morgan fingerprint density at radius 1 is 1.18 bits per heavy atom. The number of carbonyl (C=O) groups is 1. The first-order valence-corrected chi connectivity index (χ1v) is 8.44. The highest BCUT2D eigenvalue weighted by atomic mass is 32.2. The predicted octanol–water partition coefficient (Wildman–Crippen LogP) is 2.60. The SMILES string of the molecule is O=C(CSCc1ccccc1)N1CC(Oc2ccccn2)C1. The summed E-state index contributed by atoms with van der Waals surface area (Å²) in [4.78, 5) is 18.0. The van der Waals surface area contributed by atoms with Gasteiger partial charge >= 0.3 is 0 Å². The lowest BCUT2D eigenvalue weighted by atomic mass is 10.2. The van der Waals surface area contributed by atoms with Gasteiger partial charge in [-0.25, -0.2) is 4.98 Å². The number of amides is 1. The lowest BCUT2D eigenvalue weighted by Gasteiger charge is -2.38. The molecular weight excluding hydrogens is 296 g/mol. The highest BCUT2D eigenvalue weighted by Crippen LogP contribution is 2.18. The van der Waals surface area contributed by atoms with E-state index in [2.05, 4.69) is 17.1 Å². The first-order valence-electron chi connectivity index (χ1n) is 7.28. The summed E-state index contributed by atoms with van der Waals surface area (Å²) in [6.45, 7) is 1.31. The molecule has 0 radical (unpaired) electrons. The Morgan fingerprint density at radius 3 is 2.68 bits per heavy atom. The third-order valence-electron chi connectivity index (χ3n) is 3.46. The molecule has 5 heteroatoms. The van der Waals surface area contributed by atoms with Crippen LogP contribution in [0.2, 0.25) is 0 Å². The molecule has 0 atom stereocenters. The number of aromatic nitrogens is 1. The summed E-state index contributed by atoms with van der Waals surface area (Å²) in [6, 6.07) is 15.8. The van der Waals surface area contributed by atoms with Crippen molar-refractivity contribution in [2.75, 3.05) is 18.8 Å². The maximum atomic E-state index is 12.0. The van der Waals surface area contributed by atoms with Crippen LogP contribution >= 0.6 is 11.8 Å². The molecule has 1 amide bonds. The van der Waals surface area contributed by atoms with E-state index in [1.54, 1.807) is 18.0 Å². The van der Waals surface area contributed by atoms with Crippen LogP contribution in [0, 0.1) is 0 Å². The Labute approximate surface area is 134 Å². The second kappa shape index (κ2) is 7.31. The van der Waals surface area contributed by atoms with Gasteiger partial charge in [0.25, 0.3) is 0 Å². The van der Waals surface area contributed by atoms with Crippen molar-refractivity contribution in [1.82, 2.24) is 9.88 Å². The maximum Gasteiger partial charge on any atom is 0.232 e. The van der Waals surface area contributed by atoms with Crippen LogP contribution in [0.1, 0.15) is 5.56 Å². The summed E-state index contributed by atoms with van der Waals surface area (Å²) >= 11 is 1.65. The minimum atomic E-state index is 0.0676. The number of benzene rings is 1. The normalized spacial score (nSPS) is 14.5. The predicted molar refractivity (Wildman–Crippen MR) is 87.8 cm³/mol. The van der Waals surface area contributed by atoms with Gasteiger partial charge in [-0.05, 0) is 11.6 Å². The monoisotopic (exact) mass is 314 g/mol. The van der Waals surface area contributed by atoms with Crippen molar-refractivity contribution in [3.8, 4) is 5.88 Å². The van der Waals surface area contributed by atoms with E-state index in [4.69, 9.17) is 4.74 Å². The van der Waals surface area contributed by atoms with Gasteiger partial charge in [0, 0.05) is 18.0 Å². The first-order chi connectivity index (χ1) is 10.8. The van der Waals surface area contributed by atoms with Crippen LogP contribution in [-0.4, -0.2) is 40.7 Å². The Hall–Kier alpha value is -2.01. The van der Waals surface area contributed by atoms with E-state index in [0.29, 0.717) is 24.7 Å². The van der Waals surface area contributed by atoms with Gasteiger partial charge in [-0.2, -0.15) is 0 Å². The number of hydrogen-bond acceptors (Lipinski definition) is 4. The number of pyridine rings is 1. The van der Waals surface area contributed by atoms with Gasteiger partial charge in [0.1, 0.15) is 6.10 Å². The number of hydrogen-bond donors (Lipinski definition) is 0. The molecule has 0 aliphatic carbocycles. The molecule has 4 nitrogen and oxygen atoms in total. The summed E-state index contributed by atoms with van der Waals surface area (Å²) in [5, 5.41) is 0. The van der Waals surface area contributed by atoms with Gasteiger partial charge in [0.05, 0.1) is 18.8 Å². The average Bonchev–Trinajstić information content (AvgIpc) is 2.52. The molecule has 1 fully saturated rings. The summed E-state index contributed by atoms with van der Waals surface area (Å²) < 4.78 is 5.69. The van der Waals surface area contributed by atoms with E-state index in [0.717, 1.165) is 5.75 Å². The zero-order valence-corrected chi connectivity index (χ0v) is 13.0. The number of ether oxygens (including phenoxy) is 1. The number of rotatable bonds is 6. The molecule has 1 aromatic heterocycles. The zero-order chi connectivity index (χ0) is 15.2. The third-order valence-corrected chi connectivity index (χ3v) is 4.45. The molecule has 0 unspecified atom stereocenters. The van der Waals surface area contributed by atoms with E-state index in [-0.39, 0.29) is 12.0 Å². The van der Waals surface area contributed by atoms with Crippen molar-refractivity contribution >= 4 is 17.7 Å². The second-order valence-electron chi connectivity index (χ2n) is 5.18. The van der Waals surface area contributed by atoms with Crippen LogP contribution in [0.5, 0.6) is 5.88 Å². The van der Waals surface area contributed by atoms with E-state index < -0.39 is 0 Å². The maximum absolute atomic E-state index is 12.0. The van der Waals surface area contributed by atoms with E-state index in [1.807, 2.05) is 41.3 Å². The number of nitrogens with zero attached hydrogens (tertiary/aromatic N) is 2. The molecule has 1 aromatic carbocycles. The molecule has 1 aliphatic rings. The largest absolute Gasteiger partial charge is 0.471 e. The zero-order valence-electron chi connectivity index (χ0n) is 12.2. The lowest BCUT2D eigenvalue weighted by molar-refractivity contribution is -0.137. The van der Waals surface area contributed by atoms with Crippen molar-refractivity contribution < 1.29 is 9.53 Å². The Morgan fingerprint density at radius 2 is 1.95 bits per heavy atom. The van der Waals surface area contributed by atoms with E-state index in [9.17, 15) is 4.79 Å². The van der Waals surface area contributed by atoms with Crippen molar-refractivity contribution in [3.05, 3.63) is 60.3 Å². The molecular formula is C17H18N2O2S. The molecule has 0 N–H and O–H groups in total. The number of thioether (sulfide) groups is 1. The van der Waals surface area contributed by atoms with Crippen molar-refractivity contribution in [3.63, 3.8) is 0 Å². The van der Waals surface area contributed by atoms with Gasteiger partial charge in [0.2, 0.25) is 11.8 Å². The molecule has 114 valence electrons. The van der Waals surface area contributed by atoms with Crippen LogP contribution in [0.25, 0.3) is 0 Å². The Bertz CT molecular complexity index is 601. The molecule has 1 saturated heterocycles. The average molecular weight is 314 g/mol. The molecule has 0 bridgehead atoms. The molecule has 3 rings (SSSR count). The fourth-order valence-electron chi connectivity index (χ4n) is 2.23. The highest BCUT2D eigenvalue weighted by Gasteiger charge is 2.32. The fourth-order valence-corrected chi connectivity index (χ4v) is 3.11. The van der Waals surface area contributed by atoms with Crippen molar-refractivity contribution in [1.29, 1.82) is 0 Å². The smallest absolute Gasteiger partial charge is 0.232 e. The van der Waals surface area contributed by atoms with Crippen LogP contribution < -0.4 is 4.74 Å². The summed E-state index contributed by atoms with van der Waals surface area (Å²) in [7, 11) is 0. The quantitative estimate of drug-likeness (QED) is 0.822. The van der Waals surface area contributed by atoms with Crippen molar-refractivity contribution in [2.45, 2.75) is 11.9 Å². The van der Waals surface area contributed by atoms with E-state index >= 15 is 0 Å². The van der Waals surface area contributed by atoms with Crippen LogP contribution in [0.3, 0.4) is 0 Å². The van der Waals surface area contributed by atoms with Gasteiger partial charge in [-0.15, -0.1) is 11.8 Å². The number of carbonyl (C=O) groups excluding carboxylic acids is 1. The topological polar surface area (TPSA) is 42.4 Å². The molecule has 0 saturated carbocycles. The number of likely N-dealkylation sites (tertiary alicyclic amines) is 1. The summed E-state index contributed by atoms with van der Waals surface area (Å²) in [6.07, 6.45) is 1.77. The van der Waals surface area contributed by atoms with Gasteiger partial charge in [0.15, 0.2) is 0 Å².